The number of hydrogen-bond donors (Lipinski definition) is 1. The summed E-state index contributed by atoms with van der Waals surface area (Å²) in [5, 5.41) is 17.2. The van der Waals surface area contributed by atoms with Gasteiger partial charge in [0.1, 0.15) is 0 Å². The Bertz CT molecular complexity index is 552. The molecule has 130 valence electrons. The zero-order valence-electron chi connectivity index (χ0n) is 15.9. The number of aliphatic hydroxyl groups is 1. The summed E-state index contributed by atoms with van der Waals surface area (Å²) in [6.07, 6.45) is 0.989. The average Bonchev–Trinajstić information content (AvgIpc) is 2.62. The average molecular weight is 349 g/mol. The summed E-state index contributed by atoms with van der Waals surface area (Å²) in [6.45, 7) is 7.27. The molecule has 0 aromatic heterocycles. The first-order chi connectivity index (χ1) is 11.6. The summed E-state index contributed by atoms with van der Waals surface area (Å²) in [5.74, 6) is 0.804. The molecule has 0 aliphatic heterocycles. The van der Waals surface area contributed by atoms with Gasteiger partial charge in [0.2, 0.25) is 0 Å². The molecule has 1 atom stereocenters. The Morgan fingerprint density at radius 1 is 0.960 bits per heavy atom. The van der Waals surface area contributed by atoms with Crippen molar-refractivity contribution in [1.29, 1.82) is 0 Å². The molecule has 2 rings (SSSR count). The maximum Gasteiger partial charge on any atom is 1.00 e. The van der Waals surface area contributed by atoms with Crippen molar-refractivity contribution in [2.45, 2.75) is 44.1 Å². The zero-order valence-corrected chi connectivity index (χ0v) is 16.7. The van der Waals surface area contributed by atoms with E-state index in [0.717, 1.165) is 29.8 Å². The first kappa shape index (κ1) is 22.3. The summed E-state index contributed by atoms with van der Waals surface area (Å²) in [7, 11) is 0. The van der Waals surface area contributed by atoms with E-state index in [4.69, 9.17) is 5.32 Å². The van der Waals surface area contributed by atoms with Gasteiger partial charge < -0.3 is 10.4 Å². The van der Waals surface area contributed by atoms with Crippen LogP contribution < -0.4 is 18.9 Å². The van der Waals surface area contributed by atoms with E-state index in [1.807, 2.05) is 72.4 Å². The van der Waals surface area contributed by atoms with E-state index >= 15 is 0 Å². The van der Waals surface area contributed by atoms with Gasteiger partial charge in [0, 0.05) is 0 Å². The number of thioether (sulfide) groups is 1. The molecule has 2 nitrogen and oxygen atoms in total. The summed E-state index contributed by atoms with van der Waals surface area (Å²) >= 11 is 1.85. The largest absolute Gasteiger partial charge is 1.00 e. The first-order valence-electron chi connectivity index (χ1n) is 8.70. The normalized spacial score (nSPS) is 12.7. The third-order valence-corrected chi connectivity index (χ3v) is 5.25. The van der Waals surface area contributed by atoms with Crippen LogP contribution in [0.2, 0.25) is 0 Å². The molecule has 2 aromatic rings. The molecule has 0 fully saturated rings. The monoisotopic (exact) mass is 349 g/mol. The molecule has 0 bridgehead atoms. The van der Waals surface area contributed by atoms with Crippen molar-refractivity contribution in [1.82, 2.24) is 0 Å². The van der Waals surface area contributed by atoms with Crippen molar-refractivity contribution in [3.63, 3.8) is 0 Å². The molecule has 0 heterocycles. The van der Waals surface area contributed by atoms with Crippen LogP contribution in [0.4, 0.5) is 0 Å². The molecule has 4 heteroatoms. The van der Waals surface area contributed by atoms with Crippen LogP contribution in [0.25, 0.3) is 5.32 Å². The summed E-state index contributed by atoms with van der Waals surface area (Å²) in [6, 6.07) is 19.7. The Morgan fingerprint density at radius 3 is 1.84 bits per heavy atom. The van der Waals surface area contributed by atoms with Gasteiger partial charge in [0.05, 0.1) is 5.60 Å². The fraction of sp³-hybridized carbons (Fsp3) is 0.429. The minimum Gasteiger partial charge on any atom is -0.656 e. The zero-order chi connectivity index (χ0) is 17.4. The van der Waals surface area contributed by atoms with Gasteiger partial charge in [-0.3, -0.25) is 0 Å². The van der Waals surface area contributed by atoms with Gasteiger partial charge in [0.25, 0.3) is 0 Å². The van der Waals surface area contributed by atoms with Crippen molar-refractivity contribution in [2.24, 2.45) is 0 Å². The van der Waals surface area contributed by atoms with Crippen molar-refractivity contribution >= 4 is 11.8 Å². The van der Waals surface area contributed by atoms with Crippen molar-refractivity contribution in [2.75, 3.05) is 12.3 Å². The van der Waals surface area contributed by atoms with Crippen LogP contribution in [0.1, 0.15) is 38.3 Å². The number of hydrogen-bond acceptors (Lipinski definition) is 2. The molecule has 0 amide bonds. The number of benzene rings is 2. The van der Waals surface area contributed by atoms with Crippen LogP contribution in [0.5, 0.6) is 0 Å². The van der Waals surface area contributed by atoms with Crippen LogP contribution in [-0.2, 0) is 5.60 Å². The van der Waals surface area contributed by atoms with Crippen LogP contribution in [-0.4, -0.2) is 28.7 Å². The molecule has 0 saturated heterocycles. The van der Waals surface area contributed by atoms with E-state index in [0.29, 0.717) is 5.25 Å². The van der Waals surface area contributed by atoms with Crippen LogP contribution in [0, 0.1) is 0 Å². The maximum atomic E-state index is 11.8. The molecule has 25 heavy (non-hydrogen) atoms. The van der Waals surface area contributed by atoms with E-state index in [-0.39, 0.29) is 24.9 Å². The molecular formula is C21H28LiNOS. The fourth-order valence-corrected chi connectivity index (χ4v) is 3.72. The smallest absolute Gasteiger partial charge is 0.656 e. The minimum atomic E-state index is -1.10. The van der Waals surface area contributed by atoms with E-state index < -0.39 is 5.60 Å². The van der Waals surface area contributed by atoms with Gasteiger partial charge in [-0.2, -0.15) is 11.8 Å². The second-order valence-corrected chi connectivity index (χ2v) is 7.91. The topological polar surface area (TPSA) is 34.3 Å². The molecular weight excluding hydrogens is 321 g/mol. The van der Waals surface area contributed by atoms with Gasteiger partial charge in [-0.05, 0) is 22.1 Å². The summed E-state index contributed by atoms with van der Waals surface area (Å²) in [4.78, 5) is 0. The van der Waals surface area contributed by atoms with Crippen molar-refractivity contribution < 1.29 is 24.0 Å². The van der Waals surface area contributed by atoms with E-state index in [9.17, 15) is 5.11 Å². The summed E-state index contributed by atoms with van der Waals surface area (Å²) in [5.41, 5.74) is 0.718. The summed E-state index contributed by atoms with van der Waals surface area (Å²) < 4.78 is 0. The molecule has 0 unspecified atom stereocenters. The second-order valence-electron chi connectivity index (χ2n) is 6.30. The SMILES string of the molecule is CCC[N-][C@@H](CSC(C)C)C(O)(c1ccccc1)c1ccccc1.[Li+]. The number of rotatable bonds is 9. The molecule has 1 N–H and O–H groups in total. The molecule has 0 radical (unpaired) electrons. The van der Waals surface area contributed by atoms with E-state index in [1.165, 1.54) is 0 Å². The Balaban J connectivity index is 0.00000312. The predicted octanol–water partition coefficient (Wildman–Crippen LogP) is 2.22. The predicted molar refractivity (Wildman–Crippen MR) is 106 cm³/mol. The Hall–Kier alpha value is -0.693. The van der Waals surface area contributed by atoms with Crippen LogP contribution in [0.3, 0.4) is 0 Å². The van der Waals surface area contributed by atoms with Gasteiger partial charge in [0.15, 0.2) is 0 Å². The minimum absolute atomic E-state index is 0. The third-order valence-electron chi connectivity index (χ3n) is 4.07. The molecule has 0 spiro atoms. The quantitative estimate of drug-likeness (QED) is 0.705. The van der Waals surface area contributed by atoms with E-state index in [2.05, 4.69) is 20.8 Å². The van der Waals surface area contributed by atoms with Gasteiger partial charge in [-0.25, -0.2) is 0 Å². The molecule has 0 aliphatic rings. The molecule has 0 saturated carbocycles. The van der Waals surface area contributed by atoms with E-state index in [1.54, 1.807) is 0 Å². The van der Waals surface area contributed by atoms with Crippen LogP contribution >= 0.6 is 11.8 Å². The van der Waals surface area contributed by atoms with Crippen molar-refractivity contribution in [3.05, 3.63) is 77.1 Å². The maximum absolute atomic E-state index is 11.8. The first-order valence-corrected chi connectivity index (χ1v) is 9.75. The molecule has 0 aliphatic carbocycles. The Kier molecular flexibility index (Phi) is 9.93. The third kappa shape index (κ3) is 5.91. The van der Waals surface area contributed by atoms with Crippen LogP contribution in [0.15, 0.2) is 60.7 Å². The molecule has 2 aromatic carbocycles. The van der Waals surface area contributed by atoms with Crippen molar-refractivity contribution in [3.8, 4) is 0 Å². The Labute approximate surface area is 169 Å². The fourth-order valence-electron chi connectivity index (χ4n) is 2.81. The number of nitrogens with zero attached hydrogens (tertiary/aromatic N) is 1. The van der Waals surface area contributed by atoms with Gasteiger partial charge in [-0.15, -0.1) is 6.54 Å². The standard InChI is InChI=1S/C21H28NOS.Li/c1-4-15-22-20(16-24-17(2)3)21(23,18-11-7-5-8-12-18)19-13-9-6-10-14-19;/h5-14,17,20,23H,4,15-16H2,1-3H3;/q-1;+1/t20-;/m0./s1. The van der Waals surface area contributed by atoms with Gasteiger partial charge in [-0.1, -0.05) is 93.9 Å². The Morgan fingerprint density at radius 2 is 1.44 bits per heavy atom. The van der Waals surface area contributed by atoms with Gasteiger partial charge >= 0.3 is 18.9 Å². The second kappa shape index (κ2) is 11.1.